The van der Waals surface area contributed by atoms with E-state index >= 15 is 0 Å². The summed E-state index contributed by atoms with van der Waals surface area (Å²) < 4.78 is 10.6. The molecule has 2 rings (SSSR count). The van der Waals surface area contributed by atoms with Crippen LogP contribution in [0, 0.1) is 6.92 Å². The van der Waals surface area contributed by atoms with Gasteiger partial charge in [-0.15, -0.1) is 0 Å². The molecule has 0 aliphatic rings. The highest BCUT2D eigenvalue weighted by Crippen LogP contribution is 2.33. The van der Waals surface area contributed by atoms with E-state index in [4.69, 9.17) is 9.47 Å². The molecule has 0 aliphatic heterocycles. The Morgan fingerprint density at radius 3 is 2.12 bits per heavy atom. The first-order valence-corrected chi connectivity index (χ1v) is 4.98. The Bertz CT molecular complexity index is 453. The van der Waals surface area contributed by atoms with E-state index in [1.165, 1.54) is 0 Å². The molecule has 0 radical (unpaired) electrons. The van der Waals surface area contributed by atoms with Gasteiger partial charge < -0.3 is 9.47 Å². The van der Waals surface area contributed by atoms with Gasteiger partial charge >= 0.3 is 0 Å². The second kappa shape index (κ2) is 4.26. The van der Waals surface area contributed by atoms with Crippen LogP contribution in [0.4, 0.5) is 0 Å². The smallest absolute Gasteiger partial charge is 0.126 e. The van der Waals surface area contributed by atoms with Crippen molar-refractivity contribution in [3.05, 3.63) is 30.1 Å². The van der Waals surface area contributed by atoms with Crippen LogP contribution in [0.3, 0.4) is 0 Å². The maximum absolute atomic E-state index is 5.32. The largest absolute Gasteiger partial charge is 0.496 e. The van der Waals surface area contributed by atoms with E-state index in [-0.39, 0.29) is 0 Å². The van der Waals surface area contributed by atoms with Crippen molar-refractivity contribution < 1.29 is 9.47 Å². The SMILES string of the molecule is COc1cc(-c2cn[nH]c2)cc(OC)c1C. The van der Waals surface area contributed by atoms with Crippen molar-refractivity contribution in [2.75, 3.05) is 14.2 Å². The Morgan fingerprint density at radius 1 is 1.06 bits per heavy atom. The summed E-state index contributed by atoms with van der Waals surface area (Å²) in [6, 6.07) is 3.95. The molecule has 0 saturated heterocycles. The van der Waals surface area contributed by atoms with Gasteiger partial charge in [-0.1, -0.05) is 0 Å². The lowest BCUT2D eigenvalue weighted by molar-refractivity contribution is 0.389. The van der Waals surface area contributed by atoms with Crippen LogP contribution < -0.4 is 9.47 Å². The van der Waals surface area contributed by atoms with Crippen LogP contribution in [0.25, 0.3) is 11.1 Å². The first-order chi connectivity index (χ1) is 7.76. The second-order valence-electron chi connectivity index (χ2n) is 3.49. The molecule has 0 atom stereocenters. The molecule has 1 aromatic carbocycles. The minimum atomic E-state index is 0.815. The van der Waals surface area contributed by atoms with Crippen LogP contribution in [0.5, 0.6) is 11.5 Å². The first kappa shape index (κ1) is 10.5. The van der Waals surface area contributed by atoms with Gasteiger partial charge in [0, 0.05) is 17.3 Å². The maximum Gasteiger partial charge on any atom is 0.126 e. The van der Waals surface area contributed by atoms with E-state index in [0.29, 0.717) is 0 Å². The van der Waals surface area contributed by atoms with E-state index < -0.39 is 0 Å². The zero-order valence-electron chi connectivity index (χ0n) is 9.57. The number of aromatic amines is 1. The van der Waals surface area contributed by atoms with E-state index in [2.05, 4.69) is 10.2 Å². The van der Waals surface area contributed by atoms with Gasteiger partial charge in [0.25, 0.3) is 0 Å². The van der Waals surface area contributed by atoms with Gasteiger partial charge in [0.15, 0.2) is 0 Å². The molecular formula is C12H14N2O2. The third kappa shape index (κ3) is 1.74. The quantitative estimate of drug-likeness (QED) is 0.860. The Morgan fingerprint density at radius 2 is 1.69 bits per heavy atom. The Labute approximate surface area is 94.2 Å². The van der Waals surface area contributed by atoms with Gasteiger partial charge in [-0.25, -0.2) is 0 Å². The fourth-order valence-electron chi connectivity index (χ4n) is 1.66. The van der Waals surface area contributed by atoms with Crippen LogP contribution >= 0.6 is 0 Å². The fraction of sp³-hybridized carbons (Fsp3) is 0.250. The van der Waals surface area contributed by atoms with Gasteiger partial charge in [-0.05, 0) is 24.6 Å². The molecular weight excluding hydrogens is 204 g/mol. The van der Waals surface area contributed by atoms with E-state index in [1.807, 2.05) is 25.3 Å². The van der Waals surface area contributed by atoms with Crippen molar-refractivity contribution in [1.29, 1.82) is 0 Å². The van der Waals surface area contributed by atoms with E-state index in [1.54, 1.807) is 20.4 Å². The molecule has 1 heterocycles. The van der Waals surface area contributed by atoms with Crippen LogP contribution in [0.15, 0.2) is 24.5 Å². The molecule has 1 aromatic heterocycles. The Hall–Kier alpha value is -1.97. The minimum Gasteiger partial charge on any atom is -0.496 e. The molecule has 0 unspecified atom stereocenters. The lowest BCUT2D eigenvalue weighted by Gasteiger charge is -2.11. The van der Waals surface area contributed by atoms with Crippen LogP contribution in [-0.4, -0.2) is 24.4 Å². The number of hydrogen-bond donors (Lipinski definition) is 1. The van der Waals surface area contributed by atoms with Crippen molar-refractivity contribution in [2.24, 2.45) is 0 Å². The number of hydrogen-bond acceptors (Lipinski definition) is 3. The monoisotopic (exact) mass is 218 g/mol. The zero-order valence-corrected chi connectivity index (χ0v) is 9.57. The topological polar surface area (TPSA) is 47.1 Å². The molecule has 0 bridgehead atoms. The summed E-state index contributed by atoms with van der Waals surface area (Å²) in [5, 5.41) is 6.71. The summed E-state index contributed by atoms with van der Waals surface area (Å²) in [6.07, 6.45) is 3.60. The predicted octanol–water partition coefficient (Wildman–Crippen LogP) is 2.40. The molecule has 0 amide bonds. The lowest BCUT2D eigenvalue weighted by atomic mass is 10.1. The third-order valence-electron chi connectivity index (χ3n) is 2.58. The molecule has 0 aliphatic carbocycles. The van der Waals surface area contributed by atoms with Crippen molar-refractivity contribution in [1.82, 2.24) is 10.2 Å². The van der Waals surface area contributed by atoms with Gasteiger partial charge in [-0.2, -0.15) is 5.10 Å². The number of methoxy groups -OCH3 is 2. The van der Waals surface area contributed by atoms with E-state index in [9.17, 15) is 0 Å². The minimum absolute atomic E-state index is 0.815. The number of nitrogens with one attached hydrogen (secondary N) is 1. The average Bonchev–Trinajstić information content (AvgIpc) is 2.83. The van der Waals surface area contributed by atoms with Crippen molar-refractivity contribution in [3.63, 3.8) is 0 Å². The third-order valence-corrected chi connectivity index (χ3v) is 2.58. The number of H-pyrrole nitrogens is 1. The van der Waals surface area contributed by atoms with Crippen LogP contribution in [0.1, 0.15) is 5.56 Å². The zero-order chi connectivity index (χ0) is 11.5. The number of aromatic nitrogens is 2. The lowest BCUT2D eigenvalue weighted by Crippen LogP contribution is -1.93. The molecule has 0 fully saturated rings. The number of rotatable bonds is 3. The number of ether oxygens (including phenoxy) is 2. The maximum atomic E-state index is 5.32. The fourth-order valence-corrected chi connectivity index (χ4v) is 1.66. The van der Waals surface area contributed by atoms with Crippen molar-refractivity contribution in [3.8, 4) is 22.6 Å². The summed E-state index contributed by atoms with van der Waals surface area (Å²) in [5.74, 6) is 1.63. The summed E-state index contributed by atoms with van der Waals surface area (Å²) in [7, 11) is 3.31. The highest BCUT2D eigenvalue weighted by atomic mass is 16.5. The van der Waals surface area contributed by atoms with Gasteiger partial charge in [0.05, 0.1) is 20.4 Å². The Kier molecular flexibility index (Phi) is 2.81. The van der Waals surface area contributed by atoms with Crippen molar-refractivity contribution in [2.45, 2.75) is 6.92 Å². The van der Waals surface area contributed by atoms with Gasteiger partial charge in [0.2, 0.25) is 0 Å². The number of nitrogens with zero attached hydrogens (tertiary/aromatic N) is 1. The average molecular weight is 218 g/mol. The second-order valence-corrected chi connectivity index (χ2v) is 3.49. The normalized spacial score (nSPS) is 10.2. The molecule has 0 spiro atoms. The predicted molar refractivity (Wildman–Crippen MR) is 61.9 cm³/mol. The first-order valence-electron chi connectivity index (χ1n) is 4.98. The highest BCUT2D eigenvalue weighted by molar-refractivity contribution is 5.67. The summed E-state index contributed by atoms with van der Waals surface area (Å²) in [6.45, 7) is 1.97. The van der Waals surface area contributed by atoms with Crippen molar-refractivity contribution >= 4 is 0 Å². The van der Waals surface area contributed by atoms with Crippen LogP contribution in [0.2, 0.25) is 0 Å². The molecule has 1 N–H and O–H groups in total. The Balaban J connectivity index is 2.56. The summed E-state index contributed by atoms with van der Waals surface area (Å²) >= 11 is 0. The molecule has 2 aromatic rings. The number of benzene rings is 1. The molecule has 16 heavy (non-hydrogen) atoms. The molecule has 4 nitrogen and oxygen atoms in total. The molecule has 84 valence electrons. The molecule has 0 saturated carbocycles. The van der Waals surface area contributed by atoms with E-state index in [0.717, 1.165) is 28.2 Å². The van der Waals surface area contributed by atoms with Crippen LogP contribution in [-0.2, 0) is 0 Å². The standard InChI is InChI=1S/C12H14N2O2/c1-8-11(15-2)4-9(5-12(8)16-3)10-6-13-14-7-10/h4-7H,1-3H3,(H,13,14). The summed E-state index contributed by atoms with van der Waals surface area (Å²) in [5.41, 5.74) is 3.03. The highest BCUT2D eigenvalue weighted by Gasteiger charge is 2.09. The van der Waals surface area contributed by atoms with Gasteiger partial charge in [-0.3, -0.25) is 5.10 Å². The summed E-state index contributed by atoms with van der Waals surface area (Å²) in [4.78, 5) is 0. The molecule has 4 heteroatoms. The van der Waals surface area contributed by atoms with Gasteiger partial charge in [0.1, 0.15) is 11.5 Å².